The van der Waals surface area contributed by atoms with Crippen LogP contribution in [-0.2, 0) is 6.42 Å². The van der Waals surface area contributed by atoms with Gasteiger partial charge in [0.25, 0.3) is 0 Å². The molecule has 0 aliphatic heterocycles. The van der Waals surface area contributed by atoms with Crippen molar-refractivity contribution in [1.82, 2.24) is 9.78 Å². The normalized spacial score (nSPS) is 30.8. The Hall–Kier alpha value is -0.830. The Balaban J connectivity index is 1.65. The Bertz CT molecular complexity index is 459. The van der Waals surface area contributed by atoms with Gasteiger partial charge in [0.15, 0.2) is 0 Å². The van der Waals surface area contributed by atoms with E-state index in [4.69, 9.17) is 5.10 Å². The predicted octanol–water partition coefficient (Wildman–Crippen LogP) is 3.87. The standard InChI is InChI=1S/C17H28N2O/c1-16(2)9-10-17(20,13-16)12-14-8-11-19(18-14)15-6-4-3-5-7-15/h8,11,15,20H,3-7,9-10,12-13H2,1-2H3. The van der Waals surface area contributed by atoms with Gasteiger partial charge in [0.05, 0.1) is 17.3 Å². The molecule has 3 nitrogen and oxygen atoms in total. The van der Waals surface area contributed by atoms with Gasteiger partial charge in [0.1, 0.15) is 0 Å². The maximum atomic E-state index is 10.8. The summed E-state index contributed by atoms with van der Waals surface area (Å²) in [6.07, 6.45) is 12.3. The summed E-state index contributed by atoms with van der Waals surface area (Å²) in [5.41, 5.74) is 0.811. The van der Waals surface area contributed by atoms with Crippen molar-refractivity contribution in [2.45, 2.75) is 83.3 Å². The van der Waals surface area contributed by atoms with Crippen LogP contribution in [0.5, 0.6) is 0 Å². The first-order valence-corrected chi connectivity index (χ1v) is 8.22. The van der Waals surface area contributed by atoms with Crippen molar-refractivity contribution in [2.24, 2.45) is 5.41 Å². The second-order valence-electron chi connectivity index (χ2n) is 7.82. The molecule has 0 aromatic carbocycles. The van der Waals surface area contributed by atoms with Crippen LogP contribution in [0.15, 0.2) is 12.3 Å². The van der Waals surface area contributed by atoms with E-state index in [2.05, 4.69) is 30.8 Å². The molecular formula is C17H28N2O. The van der Waals surface area contributed by atoms with Gasteiger partial charge in [-0.3, -0.25) is 4.68 Å². The first-order valence-electron chi connectivity index (χ1n) is 8.22. The van der Waals surface area contributed by atoms with Gasteiger partial charge in [-0.05, 0) is 43.6 Å². The van der Waals surface area contributed by atoms with Crippen molar-refractivity contribution >= 4 is 0 Å². The fourth-order valence-corrected chi connectivity index (χ4v) is 4.15. The molecule has 112 valence electrons. The third-order valence-electron chi connectivity index (χ3n) is 5.20. The fourth-order valence-electron chi connectivity index (χ4n) is 4.15. The zero-order valence-corrected chi connectivity index (χ0v) is 12.9. The van der Waals surface area contributed by atoms with Crippen molar-refractivity contribution in [1.29, 1.82) is 0 Å². The SMILES string of the molecule is CC1(C)CCC(O)(Cc2ccn(C3CCCCC3)n2)C1. The maximum Gasteiger partial charge on any atom is 0.0709 e. The molecule has 2 aliphatic carbocycles. The van der Waals surface area contributed by atoms with Crippen LogP contribution in [0.2, 0.25) is 0 Å². The van der Waals surface area contributed by atoms with E-state index in [0.29, 0.717) is 6.04 Å². The van der Waals surface area contributed by atoms with Gasteiger partial charge in [-0.15, -0.1) is 0 Å². The van der Waals surface area contributed by atoms with Crippen LogP contribution >= 0.6 is 0 Å². The topological polar surface area (TPSA) is 38.0 Å². The summed E-state index contributed by atoms with van der Waals surface area (Å²) in [6.45, 7) is 4.51. The summed E-state index contributed by atoms with van der Waals surface area (Å²) in [7, 11) is 0. The molecule has 0 amide bonds. The molecule has 2 saturated carbocycles. The van der Waals surface area contributed by atoms with Gasteiger partial charge in [-0.25, -0.2) is 0 Å². The molecular weight excluding hydrogens is 248 g/mol. The lowest BCUT2D eigenvalue weighted by Crippen LogP contribution is -2.29. The van der Waals surface area contributed by atoms with E-state index in [1.807, 2.05) is 0 Å². The van der Waals surface area contributed by atoms with Crippen molar-refractivity contribution in [3.63, 3.8) is 0 Å². The zero-order valence-electron chi connectivity index (χ0n) is 12.9. The highest BCUT2D eigenvalue weighted by molar-refractivity contribution is 5.08. The van der Waals surface area contributed by atoms with E-state index in [0.717, 1.165) is 31.4 Å². The number of aromatic nitrogens is 2. The molecule has 3 heteroatoms. The predicted molar refractivity (Wildman–Crippen MR) is 80.6 cm³/mol. The molecule has 2 fully saturated rings. The molecule has 3 rings (SSSR count). The van der Waals surface area contributed by atoms with Crippen LogP contribution in [0.1, 0.15) is 76.9 Å². The molecule has 1 heterocycles. The van der Waals surface area contributed by atoms with Crippen molar-refractivity contribution < 1.29 is 5.11 Å². The maximum absolute atomic E-state index is 10.8. The average molecular weight is 276 g/mol. The van der Waals surface area contributed by atoms with Crippen LogP contribution in [0, 0.1) is 5.41 Å². The van der Waals surface area contributed by atoms with Crippen LogP contribution in [0.25, 0.3) is 0 Å². The van der Waals surface area contributed by atoms with E-state index >= 15 is 0 Å². The minimum absolute atomic E-state index is 0.278. The van der Waals surface area contributed by atoms with Crippen molar-refractivity contribution in [2.75, 3.05) is 0 Å². The molecule has 1 N–H and O–H groups in total. The Morgan fingerprint density at radius 2 is 2.00 bits per heavy atom. The van der Waals surface area contributed by atoms with E-state index in [1.165, 1.54) is 32.1 Å². The second kappa shape index (κ2) is 5.18. The van der Waals surface area contributed by atoms with Crippen LogP contribution in [-0.4, -0.2) is 20.5 Å². The summed E-state index contributed by atoms with van der Waals surface area (Å²) in [4.78, 5) is 0. The number of nitrogens with zero attached hydrogens (tertiary/aromatic N) is 2. The molecule has 0 bridgehead atoms. The number of rotatable bonds is 3. The summed E-state index contributed by atoms with van der Waals surface area (Å²) in [5, 5.41) is 15.5. The van der Waals surface area contributed by atoms with E-state index in [9.17, 15) is 5.11 Å². The second-order valence-corrected chi connectivity index (χ2v) is 7.82. The number of aliphatic hydroxyl groups is 1. The Morgan fingerprint density at radius 1 is 1.25 bits per heavy atom. The van der Waals surface area contributed by atoms with E-state index in [-0.39, 0.29) is 5.41 Å². The summed E-state index contributed by atoms with van der Waals surface area (Å²) < 4.78 is 2.15. The first-order chi connectivity index (χ1) is 9.46. The van der Waals surface area contributed by atoms with Gasteiger partial charge in [-0.1, -0.05) is 33.1 Å². The molecule has 0 radical (unpaired) electrons. The molecule has 1 aromatic heterocycles. The highest BCUT2D eigenvalue weighted by Crippen LogP contribution is 2.44. The third-order valence-corrected chi connectivity index (χ3v) is 5.20. The Morgan fingerprint density at radius 3 is 2.65 bits per heavy atom. The van der Waals surface area contributed by atoms with Gasteiger partial charge >= 0.3 is 0 Å². The monoisotopic (exact) mass is 276 g/mol. The smallest absolute Gasteiger partial charge is 0.0709 e. The molecule has 2 aliphatic rings. The summed E-state index contributed by atoms with van der Waals surface area (Å²) in [6, 6.07) is 2.70. The largest absolute Gasteiger partial charge is 0.389 e. The fraction of sp³-hybridized carbons (Fsp3) is 0.824. The van der Waals surface area contributed by atoms with Gasteiger partial charge in [-0.2, -0.15) is 5.10 Å². The highest BCUT2D eigenvalue weighted by Gasteiger charge is 2.42. The summed E-state index contributed by atoms with van der Waals surface area (Å²) >= 11 is 0. The molecule has 20 heavy (non-hydrogen) atoms. The van der Waals surface area contributed by atoms with Gasteiger partial charge in [0.2, 0.25) is 0 Å². The number of hydrogen-bond acceptors (Lipinski definition) is 2. The van der Waals surface area contributed by atoms with E-state index in [1.54, 1.807) is 0 Å². The van der Waals surface area contributed by atoms with Gasteiger partial charge in [0, 0.05) is 12.6 Å². The van der Waals surface area contributed by atoms with E-state index < -0.39 is 5.60 Å². The number of hydrogen-bond donors (Lipinski definition) is 1. The van der Waals surface area contributed by atoms with Crippen LogP contribution in [0.3, 0.4) is 0 Å². The molecule has 1 aromatic rings. The van der Waals surface area contributed by atoms with Crippen LogP contribution in [0.4, 0.5) is 0 Å². The zero-order chi connectivity index (χ0) is 14.2. The molecule has 0 spiro atoms. The van der Waals surface area contributed by atoms with Gasteiger partial charge < -0.3 is 5.11 Å². The Labute approximate surface area is 122 Å². The first kappa shape index (κ1) is 14.1. The minimum atomic E-state index is -0.532. The lowest BCUT2D eigenvalue weighted by Gasteiger charge is -2.24. The average Bonchev–Trinajstić information content (AvgIpc) is 2.95. The third kappa shape index (κ3) is 3.08. The Kier molecular flexibility index (Phi) is 3.65. The molecule has 1 unspecified atom stereocenters. The van der Waals surface area contributed by atoms with Crippen molar-refractivity contribution in [3.05, 3.63) is 18.0 Å². The molecule has 1 atom stereocenters. The lowest BCUT2D eigenvalue weighted by atomic mass is 9.87. The van der Waals surface area contributed by atoms with Crippen LogP contribution < -0.4 is 0 Å². The highest BCUT2D eigenvalue weighted by atomic mass is 16.3. The molecule has 0 saturated heterocycles. The lowest BCUT2D eigenvalue weighted by molar-refractivity contribution is 0.0367. The van der Waals surface area contributed by atoms with Crippen molar-refractivity contribution in [3.8, 4) is 0 Å². The quantitative estimate of drug-likeness (QED) is 0.910. The summed E-state index contributed by atoms with van der Waals surface area (Å²) in [5.74, 6) is 0. The minimum Gasteiger partial charge on any atom is -0.389 e.